The zero-order valence-corrected chi connectivity index (χ0v) is 15.5. The molecule has 1 aromatic heterocycles. The van der Waals surface area contributed by atoms with Gasteiger partial charge in [0, 0.05) is 17.3 Å². The highest BCUT2D eigenvalue weighted by atomic mass is 35.5. The van der Waals surface area contributed by atoms with Crippen LogP contribution in [0.4, 0.5) is 10.6 Å². The number of hydrogen-bond acceptors (Lipinski definition) is 3. The minimum Gasteiger partial charge on any atom is -0.485 e. The number of urea groups is 1. The van der Waals surface area contributed by atoms with Crippen LogP contribution >= 0.6 is 11.6 Å². The van der Waals surface area contributed by atoms with Crippen molar-refractivity contribution in [2.24, 2.45) is 0 Å². The maximum absolute atomic E-state index is 12.3. The molecule has 3 rings (SSSR count). The molecule has 0 bridgehead atoms. The van der Waals surface area contributed by atoms with Gasteiger partial charge in [0.05, 0.1) is 0 Å². The topological polar surface area (TPSA) is 63.2 Å². The normalized spacial score (nSPS) is 15.1. The number of benzene rings is 1. The van der Waals surface area contributed by atoms with Crippen molar-refractivity contribution in [3.8, 4) is 5.75 Å². The highest BCUT2D eigenvalue weighted by Gasteiger charge is 2.16. The van der Waals surface area contributed by atoms with Gasteiger partial charge in [-0.1, -0.05) is 49.4 Å². The van der Waals surface area contributed by atoms with Crippen molar-refractivity contribution >= 4 is 23.4 Å². The first kappa shape index (κ1) is 18.5. The fourth-order valence-electron chi connectivity index (χ4n) is 3.14. The molecule has 6 heteroatoms. The molecule has 0 radical (unpaired) electrons. The Balaban J connectivity index is 1.58. The minimum atomic E-state index is -0.233. The fraction of sp³-hybridized carbons (Fsp3) is 0.400. The van der Waals surface area contributed by atoms with Crippen LogP contribution in [-0.2, 0) is 6.61 Å². The highest BCUT2D eigenvalue weighted by molar-refractivity contribution is 6.30. The van der Waals surface area contributed by atoms with E-state index in [1.165, 1.54) is 25.7 Å². The van der Waals surface area contributed by atoms with Crippen molar-refractivity contribution in [2.45, 2.75) is 51.2 Å². The first-order chi connectivity index (χ1) is 12.7. The summed E-state index contributed by atoms with van der Waals surface area (Å²) in [7, 11) is 0. The number of aromatic nitrogens is 1. The SMILES string of the molecule is O=C(Nc1ncccc1OCc1cccc(Cl)c1)NC1CCCCCC1. The number of hydrogen-bond donors (Lipinski definition) is 2. The number of pyridine rings is 1. The van der Waals surface area contributed by atoms with Crippen molar-refractivity contribution in [2.75, 3.05) is 5.32 Å². The molecule has 0 saturated heterocycles. The summed E-state index contributed by atoms with van der Waals surface area (Å²) in [6.45, 7) is 0.352. The molecule has 2 N–H and O–H groups in total. The second kappa shape index (κ2) is 9.43. The zero-order chi connectivity index (χ0) is 18.2. The second-order valence-corrected chi connectivity index (χ2v) is 6.99. The van der Waals surface area contributed by atoms with E-state index < -0.39 is 0 Å². The Morgan fingerprint density at radius 1 is 1.15 bits per heavy atom. The van der Waals surface area contributed by atoms with E-state index in [0.717, 1.165) is 18.4 Å². The molecule has 1 saturated carbocycles. The summed E-state index contributed by atoms with van der Waals surface area (Å²) >= 11 is 6.00. The van der Waals surface area contributed by atoms with E-state index in [4.69, 9.17) is 16.3 Å². The van der Waals surface area contributed by atoms with Crippen LogP contribution in [0.15, 0.2) is 42.6 Å². The van der Waals surface area contributed by atoms with Gasteiger partial charge in [-0.2, -0.15) is 0 Å². The van der Waals surface area contributed by atoms with E-state index in [1.807, 2.05) is 24.3 Å². The van der Waals surface area contributed by atoms with Crippen LogP contribution in [0, 0.1) is 0 Å². The Labute approximate surface area is 159 Å². The lowest BCUT2D eigenvalue weighted by Gasteiger charge is -2.17. The molecule has 0 unspecified atom stereocenters. The number of nitrogens with one attached hydrogen (secondary N) is 2. The Morgan fingerprint density at radius 3 is 2.73 bits per heavy atom. The standard InChI is InChI=1S/C20H24ClN3O2/c21-16-8-5-7-15(13-16)14-26-18-11-6-12-22-19(18)24-20(25)23-17-9-3-1-2-4-10-17/h5-8,11-13,17H,1-4,9-10,14H2,(H2,22,23,24,25). The lowest BCUT2D eigenvalue weighted by molar-refractivity contribution is 0.246. The third-order valence-corrected chi connectivity index (χ3v) is 4.71. The predicted octanol–water partition coefficient (Wildman–Crippen LogP) is 5.16. The molecule has 26 heavy (non-hydrogen) atoms. The largest absolute Gasteiger partial charge is 0.485 e. The summed E-state index contributed by atoms with van der Waals surface area (Å²) < 4.78 is 5.83. The van der Waals surface area contributed by atoms with Crippen molar-refractivity contribution in [3.05, 3.63) is 53.2 Å². The van der Waals surface area contributed by atoms with E-state index in [0.29, 0.717) is 23.2 Å². The molecule has 2 amide bonds. The highest BCUT2D eigenvalue weighted by Crippen LogP contribution is 2.23. The van der Waals surface area contributed by atoms with Gasteiger partial charge >= 0.3 is 6.03 Å². The van der Waals surface area contributed by atoms with Gasteiger partial charge in [-0.05, 0) is 42.7 Å². The van der Waals surface area contributed by atoms with E-state index >= 15 is 0 Å². The molecule has 1 aliphatic carbocycles. The van der Waals surface area contributed by atoms with Crippen molar-refractivity contribution in [1.82, 2.24) is 10.3 Å². The van der Waals surface area contributed by atoms with Gasteiger partial charge in [-0.15, -0.1) is 0 Å². The number of nitrogens with zero attached hydrogens (tertiary/aromatic N) is 1. The number of carbonyl (C=O) groups is 1. The quantitative estimate of drug-likeness (QED) is 0.711. The Hall–Kier alpha value is -2.27. The van der Waals surface area contributed by atoms with Crippen LogP contribution in [0.3, 0.4) is 0 Å². The number of carbonyl (C=O) groups excluding carboxylic acids is 1. The number of anilines is 1. The summed E-state index contributed by atoms with van der Waals surface area (Å²) in [6.07, 6.45) is 8.54. The Morgan fingerprint density at radius 2 is 1.96 bits per heavy atom. The van der Waals surface area contributed by atoms with Gasteiger partial charge in [0.1, 0.15) is 6.61 Å². The molecule has 1 aliphatic rings. The van der Waals surface area contributed by atoms with Gasteiger partial charge in [0.25, 0.3) is 0 Å². The van der Waals surface area contributed by atoms with Gasteiger partial charge < -0.3 is 10.1 Å². The molecular weight excluding hydrogens is 350 g/mol. The summed E-state index contributed by atoms with van der Waals surface area (Å²) in [5.74, 6) is 0.948. The molecule has 1 heterocycles. The zero-order valence-electron chi connectivity index (χ0n) is 14.7. The van der Waals surface area contributed by atoms with Crippen LogP contribution in [0.25, 0.3) is 0 Å². The Bertz CT molecular complexity index is 731. The lowest BCUT2D eigenvalue weighted by Crippen LogP contribution is -2.37. The van der Waals surface area contributed by atoms with Gasteiger partial charge in [-0.25, -0.2) is 9.78 Å². The molecule has 5 nitrogen and oxygen atoms in total. The maximum atomic E-state index is 12.3. The van der Waals surface area contributed by atoms with Crippen molar-refractivity contribution in [1.29, 1.82) is 0 Å². The first-order valence-corrected chi connectivity index (χ1v) is 9.48. The van der Waals surface area contributed by atoms with Crippen LogP contribution in [0.5, 0.6) is 5.75 Å². The van der Waals surface area contributed by atoms with E-state index in [9.17, 15) is 4.79 Å². The van der Waals surface area contributed by atoms with E-state index in [2.05, 4.69) is 15.6 Å². The molecule has 2 aromatic rings. The number of halogens is 1. The number of ether oxygens (including phenoxy) is 1. The molecule has 138 valence electrons. The number of rotatable bonds is 5. The lowest BCUT2D eigenvalue weighted by atomic mass is 10.1. The van der Waals surface area contributed by atoms with Crippen LogP contribution in [-0.4, -0.2) is 17.1 Å². The Kier molecular flexibility index (Phi) is 6.72. The van der Waals surface area contributed by atoms with Gasteiger partial charge in [0.2, 0.25) is 0 Å². The molecular formula is C20H24ClN3O2. The van der Waals surface area contributed by atoms with Crippen LogP contribution in [0.2, 0.25) is 5.02 Å². The minimum absolute atomic E-state index is 0.233. The third kappa shape index (κ3) is 5.63. The van der Waals surface area contributed by atoms with Crippen molar-refractivity contribution < 1.29 is 9.53 Å². The molecule has 1 aromatic carbocycles. The van der Waals surface area contributed by atoms with Crippen LogP contribution < -0.4 is 15.4 Å². The average molecular weight is 374 g/mol. The van der Waals surface area contributed by atoms with Gasteiger partial charge in [-0.3, -0.25) is 5.32 Å². The summed E-state index contributed by atoms with van der Waals surface area (Å²) in [5, 5.41) is 6.53. The van der Waals surface area contributed by atoms with E-state index in [1.54, 1.807) is 18.3 Å². The van der Waals surface area contributed by atoms with Crippen LogP contribution in [0.1, 0.15) is 44.1 Å². The predicted molar refractivity (Wildman–Crippen MR) is 104 cm³/mol. The maximum Gasteiger partial charge on any atom is 0.320 e. The first-order valence-electron chi connectivity index (χ1n) is 9.10. The van der Waals surface area contributed by atoms with Crippen molar-refractivity contribution in [3.63, 3.8) is 0 Å². The fourth-order valence-corrected chi connectivity index (χ4v) is 3.35. The second-order valence-electron chi connectivity index (χ2n) is 6.56. The number of amides is 2. The summed E-state index contributed by atoms with van der Waals surface area (Å²) in [4.78, 5) is 16.6. The smallest absolute Gasteiger partial charge is 0.320 e. The summed E-state index contributed by atoms with van der Waals surface area (Å²) in [6, 6.07) is 11.1. The summed E-state index contributed by atoms with van der Waals surface area (Å²) in [5.41, 5.74) is 0.954. The van der Waals surface area contributed by atoms with E-state index in [-0.39, 0.29) is 12.1 Å². The molecule has 0 aliphatic heterocycles. The molecule has 0 atom stereocenters. The average Bonchev–Trinajstić information content (AvgIpc) is 2.89. The van der Waals surface area contributed by atoms with Gasteiger partial charge in [0.15, 0.2) is 11.6 Å². The molecule has 1 fully saturated rings. The third-order valence-electron chi connectivity index (χ3n) is 4.48. The monoisotopic (exact) mass is 373 g/mol. The molecule has 0 spiro atoms.